The molecule has 3 aliphatic carbocycles. The summed E-state index contributed by atoms with van der Waals surface area (Å²) in [5.41, 5.74) is 2.58. The molecule has 2 heteroatoms. The highest BCUT2D eigenvalue weighted by Gasteiger charge is 2.61. The molecule has 0 aliphatic heterocycles. The van der Waals surface area contributed by atoms with Gasteiger partial charge in [-0.05, 0) is 72.6 Å². The van der Waals surface area contributed by atoms with Gasteiger partial charge in [-0.3, -0.25) is 4.79 Å². The Morgan fingerprint density at radius 2 is 1.95 bits per heavy atom. The van der Waals surface area contributed by atoms with Crippen LogP contribution in [0.25, 0.3) is 0 Å². The quantitative estimate of drug-likeness (QED) is 0.679. The minimum atomic E-state index is -0.119. The Morgan fingerprint density at radius 3 is 2.76 bits per heavy atom. The van der Waals surface area contributed by atoms with Gasteiger partial charge < -0.3 is 0 Å². The first-order chi connectivity index (χ1) is 9.96. The van der Waals surface area contributed by atoms with Gasteiger partial charge in [0.2, 0.25) is 0 Å². The molecule has 2 saturated carbocycles. The maximum absolute atomic E-state index is 13.5. The number of carbonyl (C=O) groups excluding carboxylic acids is 1. The number of halogens is 1. The van der Waals surface area contributed by atoms with Gasteiger partial charge in [-0.2, -0.15) is 0 Å². The van der Waals surface area contributed by atoms with E-state index in [1.807, 2.05) is 6.07 Å². The maximum atomic E-state index is 13.5. The fraction of sp³-hybridized carbons (Fsp3) is 0.632. The van der Waals surface area contributed by atoms with Crippen molar-refractivity contribution in [2.75, 3.05) is 0 Å². The lowest BCUT2D eigenvalue weighted by atomic mass is 9.48. The van der Waals surface area contributed by atoms with E-state index in [1.54, 1.807) is 12.1 Å². The number of ketones is 1. The molecule has 1 nitrogen and oxygen atoms in total. The highest BCUT2D eigenvalue weighted by Crippen LogP contribution is 2.66. The lowest BCUT2D eigenvalue weighted by Gasteiger charge is -2.55. The fourth-order valence-corrected chi connectivity index (χ4v) is 5.71. The molecule has 0 unspecified atom stereocenters. The number of hydrogen-bond acceptors (Lipinski definition) is 1. The van der Waals surface area contributed by atoms with E-state index in [0.717, 1.165) is 38.5 Å². The zero-order valence-corrected chi connectivity index (χ0v) is 12.9. The SMILES string of the molecule is C[C@@]12CCC(=O)[C@@]1(C)CC[C@@H]1c3ccc(F)cc3CC[C@H]12. The molecule has 0 heterocycles. The first-order valence-corrected chi connectivity index (χ1v) is 8.27. The molecule has 0 saturated heterocycles. The molecule has 3 aliphatic rings. The van der Waals surface area contributed by atoms with Crippen LogP contribution in [-0.4, -0.2) is 5.78 Å². The summed E-state index contributed by atoms with van der Waals surface area (Å²) in [6.45, 7) is 4.56. The average Bonchev–Trinajstić information content (AvgIpc) is 2.71. The van der Waals surface area contributed by atoms with Gasteiger partial charge in [0.15, 0.2) is 0 Å². The van der Waals surface area contributed by atoms with Crippen molar-refractivity contribution in [2.24, 2.45) is 16.7 Å². The van der Waals surface area contributed by atoms with Crippen molar-refractivity contribution in [2.45, 2.75) is 58.3 Å². The lowest BCUT2D eigenvalue weighted by Crippen LogP contribution is -2.49. The third-order valence-corrected chi connectivity index (χ3v) is 7.24. The Kier molecular flexibility index (Phi) is 2.68. The smallest absolute Gasteiger partial charge is 0.139 e. The van der Waals surface area contributed by atoms with Crippen LogP contribution >= 0.6 is 0 Å². The Labute approximate surface area is 125 Å². The molecule has 4 atom stereocenters. The van der Waals surface area contributed by atoms with Gasteiger partial charge in [-0.15, -0.1) is 0 Å². The van der Waals surface area contributed by atoms with E-state index in [2.05, 4.69) is 13.8 Å². The summed E-state index contributed by atoms with van der Waals surface area (Å²) in [7, 11) is 0. The fourth-order valence-electron chi connectivity index (χ4n) is 5.71. The van der Waals surface area contributed by atoms with Crippen LogP contribution in [0.3, 0.4) is 0 Å². The molecule has 0 spiro atoms. The summed E-state index contributed by atoms with van der Waals surface area (Å²) in [4.78, 5) is 12.5. The highest BCUT2D eigenvalue weighted by molar-refractivity contribution is 5.88. The van der Waals surface area contributed by atoms with Gasteiger partial charge >= 0.3 is 0 Å². The normalized spacial score (nSPS) is 41.4. The van der Waals surface area contributed by atoms with E-state index in [-0.39, 0.29) is 16.6 Å². The predicted octanol–water partition coefficient (Wildman–Crippen LogP) is 4.64. The van der Waals surface area contributed by atoms with E-state index in [1.165, 1.54) is 11.1 Å². The van der Waals surface area contributed by atoms with Crippen molar-refractivity contribution in [1.82, 2.24) is 0 Å². The summed E-state index contributed by atoms with van der Waals surface area (Å²) >= 11 is 0. The molecule has 2 fully saturated rings. The lowest BCUT2D eigenvalue weighted by molar-refractivity contribution is -0.135. The van der Waals surface area contributed by atoms with E-state index < -0.39 is 0 Å². The second kappa shape index (κ2) is 4.18. The Balaban J connectivity index is 1.78. The number of carbonyl (C=O) groups is 1. The van der Waals surface area contributed by atoms with Crippen LogP contribution in [0.15, 0.2) is 18.2 Å². The molecule has 4 rings (SSSR count). The van der Waals surface area contributed by atoms with Crippen LogP contribution in [0.1, 0.15) is 63.0 Å². The van der Waals surface area contributed by atoms with Crippen LogP contribution in [0.2, 0.25) is 0 Å². The molecule has 0 aromatic heterocycles. The van der Waals surface area contributed by atoms with Crippen molar-refractivity contribution in [1.29, 1.82) is 0 Å². The Hall–Kier alpha value is -1.18. The van der Waals surface area contributed by atoms with E-state index in [9.17, 15) is 9.18 Å². The maximum Gasteiger partial charge on any atom is 0.139 e. The van der Waals surface area contributed by atoms with E-state index >= 15 is 0 Å². The van der Waals surface area contributed by atoms with Gasteiger partial charge in [0.1, 0.15) is 11.6 Å². The number of hydrogen-bond donors (Lipinski definition) is 0. The predicted molar refractivity (Wildman–Crippen MR) is 80.6 cm³/mol. The standard InChI is InChI=1S/C19H23FO/c1-18-10-8-17(21)19(18,2)9-7-15-14-5-4-13(20)11-12(14)3-6-16(15)18/h4-5,11,15-16H,3,6-10H2,1-2H3/t15-,16-,18+,19-/m1/s1. The minimum absolute atomic E-state index is 0.116. The van der Waals surface area contributed by atoms with Crippen molar-refractivity contribution in [3.8, 4) is 0 Å². The molecular weight excluding hydrogens is 263 g/mol. The van der Waals surface area contributed by atoms with E-state index in [4.69, 9.17) is 0 Å². The van der Waals surface area contributed by atoms with E-state index in [0.29, 0.717) is 17.6 Å². The number of fused-ring (bicyclic) bond motifs is 5. The molecule has 21 heavy (non-hydrogen) atoms. The van der Waals surface area contributed by atoms with Crippen LogP contribution < -0.4 is 0 Å². The van der Waals surface area contributed by atoms with Gasteiger partial charge in [0.05, 0.1) is 0 Å². The molecule has 1 aromatic carbocycles. The monoisotopic (exact) mass is 286 g/mol. The molecule has 112 valence electrons. The molecule has 1 aromatic rings. The van der Waals surface area contributed by atoms with Crippen LogP contribution in [-0.2, 0) is 11.2 Å². The van der Waals surface area contributed by atoms with Crippen LogP contribution in [0.4, 0.5) is 4.39 Å². The van der Waals surface area contributed by atoms with Crippen molar-refractivity contribution < 1.29 is 9.18 Å². The van der Waals surface area contributed by atoms with Crippen LogP contribution in [0.5, 0.6) is 0 Å². The van der Waals surface area contributed by atoms with Crippen LogP contribution in [0, 0.1) is 22.6 Å². The third kappa shape index (κ3) is 1.59. The Bertz CT molecular complexity index is 622. The van der Waals surface area contributed by atoms with Crippen molar-refractivity contribution >= 4 is 5.78 Å². The first-order valence-electron chi connectivity index (χ1n) is 8.27. The van der Waals surface area contributed by atoms with Crippen molar-refractivity contribution in [3.63, 3.8) is 0 Å². The summed E-state index contributed by atoms with van der Waals surface area (Å²) in [6.07, 6.45) is 5.96. The van der Waals surface area contributed by atoms with Gasteiger partial charge in [0.25, 0.3) is 0 Å². The summed E-state index contributed by atoms with van der Waals surface area (Å²) < 4.78 is 13.5. The average molecular weight is 286 g/mol. The van der Waals surface area contributed by atoms with Gasteiger partial charge in [0, 0.05) is 11.8 Å². The molecule has 0 N–H and O–H groups in total. The molecule has 0 radical (unpaired) electrons. The highest BCUT2D eigenvalue weighted by atomic mass is 19.1. The number of benzene rings is 1. The summed E-state index contributed by atoms with van der Waals surface area (Å²) in [5, 5.41) is 0. The largest absolute Gasteiger partial charge is 0.299 e. The van der Waals surface area contributed by atoms with Gasteiger partial charge in [-0.1, -0.05) is 19.9 Å². The molecular formula is C19H23FO. The second-order valence-corrected chi connectivity index (χ2v) is 7.81. The first kappa shape index (κ1) is 13.5. The van der Waals surface area contributed by atoms with Crippen molar-refractivity contribution in [3.05, 3.63) is 35.1 Å². The number of Topliss-reactive ketones (excluding diaryl/α,β-unsaturated/α-hetero) is 1. The Morgan fingerprint density at radius 1 is 1.14 bits per heavy atom. The minimum Gasteiger partial charge on any atom is -0.299 e. The zero-order valence-electron chi connectivity index (χ0n) is 12.9. The molecule has 0 bridgehead atoms. The third-order valence-electron chi connectivity index (χ3n) is 7.24. The second-order valence-electron chi connectivity index (χ2n) is 7.81. The summed E-state index contributed by atoms with van der Waals surface area (Å²) in [5.74, 6) is 1.47. The molecule has 0 amide bonds. The number of rotatable bonds is 0. The number of aryl methyl sites for hydroxylation is 1. The zero-order chi connectivity index (χ0) is 14.8. The summed E-state index contributed by atoms with van der Waals surface area (Å²) in [6, 6.07) is 5.34. The topological polar surface area (TPSA) is 17.1 Å². The van der Waals surface area contributed by atoms with Gasteiger partial charge in [-0.25, -0.2) is 4.39 Å².